The molecule has 1 N–H and O–H groups in total. The van der Waals surface area contributed by atoms with E-state index in [1.165, 1.54) is 5.56 Å². The molecule has 2 heterocycles. The summed E-state index contributed by atoms with van der Waals surface area (Å²) in [6.45, 7) is 0.884. The van der Waals surface area contributed by atoms with Crippen LogP contribution in [0.4, 0.5) is 0 Å². The van der Waals surface area contributed by atoms with Crippen LogP contribution in [0.5, 0.6) is 0 Å². The average Bonchev–Trinajstić information content (AvgIpc) is 3.01. The fourth-order valence-corrected chi connectivity index (χ4v) is 2.86. The van der Waals surface area contributed by atoms with Crippen molar-refractivity contribution in [2.45, 2.75) is 13.0 Å². The minimum absolute atomic E-state index is 0.692. The van der Waals surface area contributed by atoms with E-state index in [0.29, 0.717) is 4.48 Å². The number of aliphatic imine (C=N–C) groups is 1. The Labute approximate surface area is 126 Å². The first-order valence-corrected chi connectivity index (χ1v) is 7.28. The lowest BCUT2D eigenvalue weighted by Crippen LogP contribution is -2.42. The maximum atomic E-state index is 4.52. The molecular weight excluding hydrogens is 316 g/mol. The van der Waals surface area contributed by atoms with Crippen LogP contribution in [-0.2, 0) is 13.0 Å². The zero-order valence-corrected chi connectivity index (χ0v) is 12.8. The van der Waals surface area contributed by atoms with E-state index in [-0.39, 0.29) is 0 Å². The number of aromatic amines is 1. The Hall–Kier alpha value is -1.72. The molecule has 0 aliphatic carbocycles. The van der Waals surface area contributed by atoms with Gasteiger partial charge in [0.1, 0.15) is 25.0 Å². The summed E-state index contributed by atoms with van der Waals surface area (Å²) < 4.78 is 1.80. The first kappa shape index (κ1) is 13.3. The molecule has 102 valence electrons. The van der Waals surface area contributed by atoms with Gasteiger partial charge in [-0.05, 0) is 12.1 Å². The van der Waals surface area contributed by atoms with Gasteiger partial charge in [0.25, 0.3) is 0 Å². The van der Waals surface area contributed by atoms with Gasteiger partial charge in [0.05, 0.1) is 13.2 Å². The second kappa shape index (κ2) is 5.34. The normalized spacial score (nSPS) is 21.2. The van der Waals surface area contributed by atoms with Crippen molar-refractivity contribution in [1.82, 2.24) is 9.97 Å². The van der Waals surface area contributed by atoms with E-state index >= 15 is 0 Å². The number of halogens is 1. The molecule has 1 aromatic carbocycles. The van der Waals surface area contributed by atoms with E-state index in [9.17, 15) is 0 Å². The van der Waals surface area contributed by atoms with Crippen LogP contribution in [-0.4, -0.2) is 27.3 Å². The number of H-pyrrole nitrogens is 1. The number of nitrogens with one attached hydrogen (secondary N) is 1. The number of imidazole rings is 1. The third-order valence-electron chi connectivity index (χ3n) is 3.49. The number of likely N-dealkylation sites (N-methyl/N-ethyl adjacent to an activating group) is 1. The number of aromatic nitrogens is 2. The molecule has 1 aromatic heterocycles. The van der Waals surface area contributed by atoms with Gasteiger partial charge in [-0.15, -0.1) is 0 Å². The first-order valence-electron chi connectivity index (χ1n) is 6.49. The van der Waals surface area contributed by atoms with Crippen LogP contribution in [0, 0.1) is 0 Å². The SMILES string of the molecule is C[N+]1(Cc2cccc(Br)c2)C=CN=C1Cc1ncc[nH]1. The van der Waals surface area contributed by atoms with Crippen LogP contribution in [0.2, 0.25) is 0 Å². The topological polar surface area (TPSA) is 41.0 Å². The fourth-order valence-electron chi connectivity index (χ4n) is 2.41. The van der Waals surface area contributed by atoms with E-state index in [4.69, 9.17) is 0 Å². The zero-order chi connectivity index (χ0) is 14.0. The molecule has 3 rings (SSSR count). The Balaban J connectivity index is 1.80. The van der Waals surface area contributed by atoms with Crippen molar-refractivity contribution < 1.29 is 4.48 Å². The van der Waals surface area contributed by atoms with Crippen molar-refractivity contribution in [2.24, 2.45) is 4.99 Å². The van der Waals surface area contributed by atoms with Crippen LogP contribution < -0.4 is 0 Å². The fraction of sp³-hybridized carbons (Fsp3) is 0.200. The Morgan fingerprint density at radius 1 is 1.35 bits per heavy atom. The number of amidine groups is 1. The number of rotatable bonds is 4. The van der Waals surface area contributed by atoms with Crippen LogP contribution in [0.3, 0.4) is 0 Å². The largest absolute Gasteiger partial charge is 0.348 e. The predicted octanol–water partition coefficient (Wildman–Crippen LogP) is 3.24. The van der Waals surface area contributed by atoms with Gasteiger partial charge >= 0.3 is 0 Å². The van der Waals surface area contributed by atoms with Gasteiger partial charge in [-0.25, -0.2) is 14.5 Å². The summed E-state index contributed by atoms with van der Waals surface area (Å²) in [7, 11) is 2.17. The number of quaternary nitrogens is 1. The molecule has 0 radical (unpaired) electrons. The Morgan fingerprint density at radius 2 is 2.25 bits per heavy atom. The second-order valence-electron chi connectivity index (χ2n) is 5.11. The molecule has 0 fully saturated rings. The summed E-state index contributed by atoms with van der Waals surface area (Å²) in [5, 5.41) is 0. The van der Waals surface area contributed by atoms with Crippen LogP contribution >= 0.6 is 15.9 Å². The highest BCUT2D eigenvalue weighted by Crippen LogP contribution is 2.22. The van der Waals surface area contributed by atoms with Gasteiger partial charge in [-0.3, -0.25) is 0 Å². The lowest BCUT2D eigenvalue weighted by atomic mass is 10.2. The molecule has 1 aliphatic heterocycles. The van der Waals surface area contributed by atoms with Crippen LogP contribution in [0.15, 0.2) is 58.5 Å². The smallest absolute Gasteiger partial charge is 0.215 e. The highest BCUT2D eigenvalue weighted by Gasteiger charge is 2.31. The van der Waals surface area contributed by atoms with Crippen molar-refractivity contribution in [3.05, 3.63) is 64.9 Å². The Kier molecular flexibility index (Phi) is 3.54. The van der Waals surface area contributed by atoms with Crippen molar-refractivity contribution in [3.8, 4) is 0 Å². The molecule has 1 aliphatic rings. The lowest BCUT2D eigenvalue weighted by molar-refractivity contribution is -0.779. The zero-order valence-electron chi connectivity index (χ0n) is 11.3. The van der Waals surface area contributed by atoms with Gasteiger partial charge in [-0.2, -0.15) is 0 Å². The molecule has 0 bridgehead atoms. The average molecular weight is 332 g/mol. The van der Waals surface area contributed by atoms with E-state index < -0.39 is 0 Å². The standard InChI is InChI=1S/C15H16BrN4/c1-20(11-12-3-2-4-13(16)9-12)8-7-19-15(20)10-14-17-5-6-18-14/h2-9H,10-11H2,1H3,(H,17,18)/q+1. The number of benzene rings is 1. The molecule has 0 saturated carbocycles. The van der Waals surface area contributed by atoms with Crippen molar-refractivity contribution >= 4 is 21.8 Å². The summed E-state index contributed by atoms with van der Waals surface area (Å²) in [5.41, 5.74) is 1.28. The maximum absolute atomic E-state index is 4.52. The summed E-state index contributed by atoms with van der Waals surface area (Å²) >= 11 is 3.52. The first-order chi connectivity index (χ1) is 9.66. The van der Waals surface area contributed by atoms with Gasteiger partial charge in [0.2, 0.25) is 5.84 Å². The van der Waals surface area contributed by atoms with Gasteiger partial charge < -0.3 is 4.98 Å². The van der Waals surface area contributed by atoms with E-state index in [0.717, 1.165) is 29.1 Å². The van der Waals surface area contributed by atoms with Crippen LogP contribution in [0.1, 0.15) is 11.4 Å². The number of hydrogen-bond acceptors (Lipinski definition) is 2. The summed E-state index contributed by atoms with van der Waals surface area (Å²) in [5.74, 6) is 2.05. The highest BCUT2D eigenvalue weighted by molar-refractivity contribution is 9.10. The second-order valence-corrected chi connectivity index (χ2v) is 6.03. The predicted molar refractivity (Wildman–Crippen MR) is 82.9 cm³/mol. The van der Waals surface area contributed by atoms with Gasteiger partial charge in [0.15, 0.2) is 0 Å². The number of nitrogens with zero attached hydrogens (tertiary/aromatic N) is 3. The van der Waals surface area contributed by atoms with E-state index in [2.05, 4.69) is 62.3 Å². The molecule has 0 spiro atoms. The maximum Gasteiger partial charge on any atom is 0.215 e. The van der Waals surface area contributed by atoms with Crippen molar-refractivity contribution in [3.63, 3.8) is 0 Å². The monoisotopic (exact) mass is 331 g/mol. The molecular formula is C15H16BrN4+. The van der Waals surface area contributed by atoms with E-state index in [1.807, 2.05) is 18.5 Å². The summed E-state index contributed by atoms with van der Waals surface area (Å²) in [6, 6.07) is 8.40. The lowest BCUT2D eigenvalue weighted by Gasteiger charge is -2.27. The molecule has 0 amide bonds. The molecule has 0 saturated heterocycles. The van der Waals surface area contributed by atoms with Crippen molar-refractivity contribution in [2.75, 3.05) is 7.05 Å². The Bertz CT molecular complexity index is 660. The minimum Gasteiger partial charge on any atom is -0.348 e. The van der Waals surface area contributed by atoms with E-state index in [1.54, 1.807) is 6.20 Å². The minimum atomic E-state index is 0.692. The number of hydrogen-bond donors (Lipinski definition) is 1. The summed E-state index contributed by atoms with van der Waals surface area (Å²) in [6.07, 6.45) is 8.37. The molecule has 1 unspecified atom stereocenters. The molecule has 1 atom stereocenters. The van der Waals surface area contributed by atoms with Gasteiger partial charge in [0, 0.05) is 22.4 Å². The van der Waals surface area contributed by atoms with Crippen molar-refractivity contribution in [1.29, 1.82) is 0 Å². The highest BCUT2D eigenvalue weighted by atomic mass is 79.9. The van der Waals surface area contributed by atoms with Gasteiger partial charge in [-0.1, -0.05) is 28.1 Å². The molecule has 4 nitrogen and oxygen atoms in total. The third kappa shape index (κ3) is 2.73. The quantitative estimate of drug-likeness (QED) is 0.858. The Morgan fingerprint density at radius 3 is 3.00 bits per heavy atom. The third-order valence-corrected chi connectivity index (χ3v) is 3.98. The molecule has 2 aromatic rings. The summed E-state index contributed by atoms with van der Waals surface area (Å²) in [4.78, 5) is 11.9. The molecule has 20 heavy (non-hydrogen) atoms. The van der Waals surface area contributed by atoms with Crippen LogP contribution in [0.25, 0.3) is 0 Å². The molecule has 5 heteroatoms.